The number of aliphatic hydroxyl groups is 1. The normalized spacial score (nSPS) is 32.9. The molecule has 4 N–H and O–H groups in total. The Morgan fingerprint density at radius 1 is 1.27 bits per heavy atom. The molecule has 0 radical (unpaired) electrons. The number of fused-ring (bicyclic) bond motifs is 4. The summed E-state index contributed by atoms with van der Waals surface area (Å²) in [6, 6.07) is 3.20. The number of aromatic nitrogens is 5. The molecule has 1 aromatic carbocycles. The molecule has 4 aliphatic rings. The first kappa shape index (κ1) is 19.5. The van der Waals surface area contributed by atoms with Gasteiger partial charge in [-0.2, -0.15) is 4.52 Å². The Kier molecular flexibility index (Phi) is 3.61. The second kappa shape index (κ2) is 6.12. The average molecular weight is 450 g/mol. The number of hydrogen-bond acceptors (Lipinski definition) is 8. The lowest BCUT2D eigenvalue weighted by molar-refractivity contribution is -0.161. The predicted molar refractivity (Wildman–Crippen MR) is 116 cm³/mol. The fraction of sp³-hybridized carbons (Fsp3) is 0.565. The molecule has 1 aliphatic heterocycles. The quantitative estimate of drug-likeness (QED) is 0.416. The van der Waals surface area contributed by atoms with Gasteiger partial charge in [0.15, 0.2) is 11.5 Å². The van der Waals surface area contributed by atoms with E-state index in [9.17, 15) is 20.1 Å². The standard InChI is InChI=1S/C23H26N6O4/c1-11-18-14(20(32)24-21-25-26-27-29(18)21)9-23(33)16-8-13-4-5-15(30)19(31)17(13)22(11,23)6-7-28(16)10-12-2-3-12/h4-5,11-12,16,30-31,33H,2-3,6-10H2,1H3,(H,24,25,27,32)/t11-,16+,22+,23+/m0/s1. The zero-order valence-corrected chi connectivity index (χ0v) is 18.3. The number of likely N-dealkylation sites (tertiary alicyclic amines) is 1. The minimum Gasteiger partial charge on any atom is -0.504 e. The van der Waals surface area contributed by atoms with Gasteiger partial charge in [-0.3, -0.25) is 14.7 Å². The molecule has 3 heterocycles. The molecule has 1 saturated heterocycles. The van der Waals surface area contributed by atoms with Crippen molar-refractivity contribution < 1.29 is 15.3 Å². The monoisotopic (exact) mass is 450 g/mol. The zero-order valence-electron chi connectivity index (χ0n) is 18.3. The SMILES string of the molecule is C[C@H]1c2c(c(=O)[nH]c3nnnn23)C[C@@]2(O)[C@H]3Cc4ccc(O)c(O)c4[C@@]12CCN3CC1CC1. The van der Waals surface area contributed by atoms with Crippen LogP contribution in [0.15, 0.2) is 16.9 Å². The van der Waals surface area contributed by atoms with Crippen molar-refractivity contribution in [3.63, 3.8) is 0 Å². The van der Waals surface area contributed by atoms with E-state index in [1.165, 1.54) is 18.9 Å². The molecule has 10 heteroatoms. The van der Waals surface area contributed by atoms with Gasteiger partial charge in [-0.15, -0.1) is 0 Å². The van der Waals surface area contributed by atoms with Gasteiger partial charge >= 0.3 is 0 Å². The number of piperidine rings is 1. The van der Waals surface area contributed by atoms with E-state index in [4.69, 9.17) is 0 Å². The van der Waals surface area contributed by atoms with Gasteiger partial charge in [0, 0.05) is 41.5 Å². The van der Waals surface area contributed by atoms with Gasteiger partial charge in [0.25, 0.3) is 11.3 Å². The molecule has 0 amide bonds. The van der Waals surface area contributed by atoms with Crippen LogP contribution in [0.4, 0.5) is 0 Å². The van der Waals surface area contributed by atoms with Crippen LogP contribution in [0.2, 0.25) is 0 Å². The highest BCUT2D eigenvalue weighted by Crippen LogP contribution is 2.64. The first-order valence-corrected chi connectivity index (χ1v) is 11.7. The Labute approximate surface area is 188 Å². The number of phenols is 2. The van der Waals surface area contributed by atoms with Gasteiger partial charge in [-0.1, -0.05) is 18.1 Å². The molecule has 7 rings (SSSR count). The summed E-state index contributed by atoms with van der Waals surface area (Å²) in [7, 11) is 0. The van der Waals surface area contributed by atoms with Crippen LogP contribution in [0.1, 0.15) is 54.5 Å². The molecule has 3 aromatic rings. The summed E-state index contributed by atoms with van der Waals surface area (Å²) >= 11 is 0. The summed E-state index contributed by atoms with van der Waals surface area (Å²) in [5.74, 6) is 0.172. The van der Waals surface area contributed by atoms with Gasteiger partial charge in [0.1, 0.15) is 0 Å². The van der Waals surface area contributed by atoms with Crippen molar-refractivity contribution in [3.05, 3.63) is 44.9 Å². The Bertz CT molecular complexity index is 1380. The Hall–Kier alpha value is -2.98. The summed E-state index contributed by atoms with van der Waals surface area (Å²) < 4.78 is 1.55. The average Bonchev–Trinajstić information content (AvgIpc) is 3.48. The molecular weight excluding hydrogens is 424 g/mol. The number of phenolic OH excluding ortho intramolecular Hbond substituents is 2. The van der Waals surface area contributed by atoms with Gasteiger partial charge in [-0.05, 0) is 60.2 Å². The van der Waals surface area contributed by atoms with E-state index in [0.717, 1.165) is 18.7 Å². The summed E-state index contributed by atoms with van der Waals surface area (Å²) in [6.07, 6.45) is 3.72. The van der Waals surface area contributed by atoms with Crippen molar-refractivity contribution in [3.8, 4) is 11.5 Å². The van der Waals surface area contributed by atoms with Crippen LogP contribution < -0.4 is 5.56 Å². The van der Waals surface area contributed by atoms with Crippen molar-refractivity contribution in [2.75, 3.05) is 13.1 Å². The highest BCUT2D eigenvalue weighted by Gasteiger charge is 2.68. The molecule has 3 aliphatic carbocycles. The van der Waals surface area contributed by atoms with Gasteiger partial charge in [-0.25, -0.2) is 0 Å². The van der Waals surface area contributed by atoms with Crippen LogP contribution in [-0.2, 0) is 18.3 Å². The highest BCUT2D eigenvalue weighted by atomic mass is 16.3. The van der Waals surface area contributed by atoms with Crippen molar-refractivity contribution in [1.29, 1.82) is 0 Å². The maximum Gasteiger partial charge on any atom is 0.255 e. The number of nitrogens with one attached hydrogen (secondary N) is 1. The van der Waals surface area contributed by atoms with Crippen LogP contribution in [0, 0.1) is 5.92 Å². The van der Waals surface area contributed by atoms with Gasteiger partial charge in [0.2, 0.25) is 0 Å². The number of aromatic hydroxyl groups is 2. The van der Waals surface area contributed by atoms with Crippen molar-refractivity contribution in [2.24, 2.45) is 5.92 Å². The first-order valence-electron chi connectivity index (χ1n) is 11.7. The van der Waals surface area contributed by atoms with Crippen LogP contribution >= 0.6 is 0 Å². The smallest absolute Gasteiger partial charge is 0.255 e. The van der Waals surface area contributed by atoms with Gasteiger partial charge < -0.3 is 15.3 Å². The third-order valence-electron chi connectivity index (χ3n) is 8.95. The zero-order chi connectivity index (χ0) is 22.7. The number of benzene rings is 1. The van der Waals surface area contributed by atoms with Crippen LogP contribution in [0.3, 0.4) is 0 Å². The van der Waals surface area contributed by atoms with E-state index in [1.54, 1.807) is 4.52 Å². The molecule has 0 unspecified atom stereocenters. The number of aromatic amines is 1. The summed E-state index contributed by atoms with van der Waals surface area (Å²) in [6.45, 7) is 3.70. The van der Waals surface area contributed by atoms with E-state index in [2.05, 4.69) is 25.4 Å². The molecule has 10 nitrogen and oxygen atoms in total. The number of tetrazole rings is 1. The topological polar surface area (TPSA) is 140 Å². The lowest BCUT2D eigenvalue weighted by atomic mass is 9.46. The number of hydrogen-bond donors (Lipinski definition) is 4. The van der Waals surface area contributed by atoms with Crippen LogP contribution in [-0.4, -0.2) is 70.0 Å². The number of H-pyrrole nitrogens is 1. The molecule has 172 valence electrons. The lowest BCUT2D eigenvalue weighted by Gasteiger charge is -2.65. The fourth-order valence-electron chi connectivity index (χ4n) is 7.33. The van der Waals surface area contributed by atoms with E-state index >= 15 is 0 Å². The molecule has 0 spiro atoms. The molecule has 33 heavy (non-hydrogen) atoms. The highest BCUT2D eigenvalue weighted by molar-refractivity contribution is 5.60. The van der Waals surface area contributed by atoms with E-state index in [1.807, 2.05) is 13.0 Å². The van der Waals surface area contributed by atoms with E-state index in [-0.39, 0.29) is 41.2 Å². The summed E-state index contributed by atoms with van der Waals surface area (Å²) in [4.78, 5) is 18.3. The summed E-state index contributed by atoms with van der Waals surface area (Å²) in [5.41, 5.74) is 0.212. The first-order chi connectivity index (χ1) is 15.8. The molecule has 4 atom stereocenters. The van der Waals surface area contributed by atoms with E-state index in [0.29, 0.717) is 35.6 Å². The minimum atomic E-state index is -1.29. The number of nitrogens with zero attached hydrogens (tertiary/aromatic N) is 5. The molecule has 2 fully saturated rings. The van der Waals surface area contributed by atoms with Crippen LogP contribution in [0.25, 0.3) is 5.78 Å². The van der Waals surface area contributed by atoms with Gasteiger partial charge in [0.05, 0.1) is 11.3 Å². The largest absolute Gasteiger partial charge is 0.504 e. The third kappa shape index (κ3) is 2.25. The fourth-order valence-corrected chi connectivity index (χ4v) is 7.33. The molecule has 1 saturated carbocycles. The Morgan fingerprint density at radius 3 is 2.88 bits per heavy atom. The number of rotatable bonds is 2. The Morgan fingerprint density at radius 2 is 2.09 bits per heavy atom. The third-order valence-corrected chi connectivity index (χ3v) is 8.95. The maximum absolute atomic E-state index is 13.1. The second-order valence-corrected chi connectivity index (χ2v) is 10.4. The minimum absolute atomic E-state index is 0.137. The molecule has 2 bridgehead atoms. The molecular formula is C23H26N6O4. The second-order valence-electron chi connectivity index (χ2n) is 10.4. The van der Waals surface area contributed by atoms with Crippen LogP contribution in [0.5, 0.6) is 11.5 Å². The maximum atomic E-state index is 13.1. The summed E-state index contributed by atoms with van der Waals surface area (Å²) in [5, 5.41) is 46.0. The van der Waals surface area contributed by atoms with Crippen molar-refractivity contribution in [2.45, 2.75) is 62.0 Å². The van der Waals surface area contributed by atoms with E-state index < -0.39 is 11.0 Å². The Balaban J connectivity index is 1.54. The lowest BCUT2D eigenvalue weighted by Crippen LogP contribution is -2.75. The van der Waals surface area contributed by atoms with Crippen molar-refractivity contribution in [1.82, 2.24) is 29.9 Å². The molecule has 2 aromatic heterocycles. The van der Waals surface area contributed by atoms with Crippen molar-refractivity contribution >= 4 is 5.78 Å². The predicted octanol–water partition coefficient (Wildman–Crippen LogP) is 0.593.